The Bertz CT molecular complexity index is 2300. The normalized spacial score (nSPS) is 11.6. The summed E-state index contributed by atoms with van der Waals surface area (Å²) < 4.78 is 50.5. The van der Waals surface area contributed by atoms with E-state index in [1.165, 1.54) is 12.1 Å². The topological polar surface area (TPSA) is 95.2 Å². The molecule has 0 bridgehead atoms. The summed E-state index contributed by atoms with van der Waals surface area (Å²) in [5, 5.41) is 16.1. The van der Waals surface area contributed by atoms with Crippen LogP contribution in [0.3, 0.4) is 0 Å². The number of ether oxygens (including phenoxy) is 1. The Labute approximate surface area is 339 Å². The molecular formula is C44H38ClF3N6O2S. The number of halogens is 4. The van der Waals surface area contributed by atoms with Gasteiger partial charge in [-0.2, -0.15) is 18.4 Å². The highest BCUT2D eigenvalue weighted by molar-refractivity contribution is 7.80. The molecule has 13 heteroatoms. The van der Waals surface area contributed by atoms with Crippen molar-refractivity contribution in [2.24, 2.45) is 0 Å². The second-order valence-corrected chi connectivity index (χ2v) is 14.2. The van der Waals surface area contributed by atoms with Crippen LogP contribution >= 0.6 is 23.8 Å². The number of hydrogen-bond donors (Lipinski definition) is 2. The van der Waals surface area contributed by atoms with Crippen molar-refractivity contribution < 1.29 is 22.7 Å². The molecule has 0 fully saturated rings. The van der Waals surface area contributed by atoms with Crippen LogP contribution in [0.25, 0.3) is 0 Å². The van der Waals surface area contributed by atoms with Gasteiger partial charge in [-0.15, -0.1) is 0 Å². The van der Waals surface area contributed by atoms with Gasteiger partial charge in [-0.05, 0) is 95.5 Å². The van der Waals surface area contributed by atoms with E-state index < -0.39 is 17.8 Å². The number of rotatable bonds is 15. The van der Waals surface area contributed by atoms with Gasteiger partial charge in [-0.3, -0.25) is 4.79 Å². The molecule has 8 nitrogen and oxygen atoms in total. The van der Waals surface area contributed by atoms with Crippen molar-refractivity contribution in [3.8, 4) is 11.8 Å². The molecule has 290 valence electrons. The molecule has 2 N–H and O–H groups in total. The number of nitriles is 1. The monoisotopic (exact) mass is 806 g/mol. The molecule has 0 aliphatic heterocycles. The van der Waals surface area contributed by atoms with E-state index in [2.05, 4.69) is 21.7 Å². The van der Waals surface area contributed by atoms with Gasteiger partial charge in [-0.25, -0.2) is 4.98 Å². The zero-order valence-corrected chi connectivity index (χ0v) is 32.2. The molecule has 0 aliphatic carbocycles. The summed E-state index contributed by atoms with van der Waals surface area (Å²) in [4.78, 5) is 19.8. The van der Waals surface area contributed by atoms with Crippen LogP contribution in [0.2, 0.25) is 5.02 Å². The average molecular weight is 807 g/mol. The molecule has 57 heavy (non-hydrogen) atoms. The van der Waals surface area contributed by atoms with Gasteiger partial charge in [0.05, 0.1) is 36.0 Å². The first-order chi connectivity index (χ1) is 27.5. The van der Waals surface area contributed by atoms with Gasteiger partial charge in [0.1, 0.15) is 12.4 Å². The molecule has 0 saturated heterocycles. The number of carbonyl (C=O) groups excluding carboxylic acids is 1. The fourth-order valence-corrected chi connectivity index (χ4v) is 6.62. The number of benzene rings is 5. The number of thiocarbonyl (C=S) groups is 1. The summed E-state index contributed by atoms with van der Waals surface area (Å²) >= 11 is 11.9. The largest absolute Gasteiger partial charge is 0.489 e. The predicted molar refractivity (Wildman–Crippen MR) is 219 cm³/mol. The van der Waals surface area contributed by atoms with Gasteiger partial charge in [0, 0.05) is 42.2 Å². The number of aromatic nitrogens is 2. The number of nitrogens with one attached hydrogen (secondary N) is 2. The first kappa shape index (κ1) is 40.5. The van der Waals surface area contributed by atoms with Crippen LogP contribution < -0.4 is 15.4 Å². The van der Waals surface area contributed by atoms with E-state index in [0.717, 1.165) is 22.8 Å². The summed E-state index contributed by atoms with van der Waals surface area (Å²) in [7, 11) is 0. The van der Waals surface area contributed by atoms with Crippen molar-refractivity contribution in [1.82, 2.24) is 19.8 Å². The standard InChI is InChI=1S/C44H38ClF3N6O2S/c45-36-16-18-37(19-17-36)52-43(57)53(27-35-8-4-5-9-41(35)44(46,47)48)28-38(22-31-14-20-40(21-15-31)56-29-34-6-2-1-3-7-34)51-42(55)23-39-25-50-30-54(39)26-33-12-10-32(24-49)11-13-33/h1-21,25,30,38H,22-23,26-29H2,(H,51,55)(H,52,57)/t38-/m0/s1. The molecule has 5 aromatic carbocycles. The second-order valence-electron chi connectivity index (χ2n) is 13.4. The van der Waals surface area contributed by atoms with Crippen molar-refractivity contribution in [3.63, 3.8) is 0 Å². The highest BCUT2D eigenvalue weighted by Crippen LogP contribution is 2.32. The van der Waals surface area contributed by atoms with Crippen LogP contribution in [0.15, 0.2) is 140 Å². The van der Waals surface area contributed by atoms with Gasteiger partial charge < -0.3 is 24.8 Å². The van der Waals surface area contributed by atoms with Crippen molar-refractivity contribution in [2.45, 2.75) is 44.8 Å². The number of anilines is 1. The maximum Gasteiger partial charge on any atom is 0.416 e. The van der Waals surface area contributed by atoms with E-state index in [1.54, 1.807) is 59.9 Å². The lowest BCUT2D eigenvalue weighted by Gasteiger charge is -2.31. The fraction of sp³-hybridized carbons (Fsp3) is 0.182. The first-order valence-electron chi connectivity index (χ1n) is 18.0. The van der Waals surface area contributed by atoms with Crippen molar-refractivity contribution in [3.05, 3.63) is 184 Å². The number of alkyl halides is 3. The summed E-state index contributed by atoms with van der Waals surface area (Å²) in [6.45, 7) is 0.708. The minimum absolute atomic E-state index is 0.0105. The highest BCUT2D eigenvalue weighted by atomic mass is 35.5. The highest BCUT2D eigenvalue weighted by Gasteiger charge is 2.34. The Morgan fingerprint density at radius 1 is 0.895 bits per heavy atom. The molecule has 6 rings (SSSR count). The van der Waals surface area contributed by atoms with E-state index in [9.17, 15) is 18.0 Å². The van der Waals surface area contributed by atoms with Gasteiger partial charge in [0.2, 0.25) is 5.91 Å². The van der Waals surface area contributed by atoms with E-state index in [-0.39, 0.29) is 36.1 Å². The van der Waals surface area contributed by atoms with Crippen LogP contribution in [-0.4, -0.2) is 38.1 Å². The SMILES string of the molecule is N#Cc1ccc(Cn2cncc2CC(=O)N[C@@H](Cc2ccc(OCc3ccccc3)cc2)CN(Cc2ccccc2C(F)(F)F)C(=S)Nc2ccc(Cl)cc2)cc1. The average Bonchev–Trinajstić information content (AvgIpc) is 3.64. The predicted octanol–water partition coefficient (Wildman–Crippen LogP) is 9.22. The van der Waals surface area contributed by atoms with Gasteiger partial charge in [0.25, 0.3) is 0 Å². The number of amides is 1. The van der Waals surface area contributed by atoms with Crippen LogP contribution in [0.5, 0.6) is 5.75 Å². The molecule has 0 spiro atoms. The van der Waals surface area contributed by atoms with Crippen LogP contribution in [0.1, 0.15) is 39.1 Å². The van der Waals surface area contributed by atoms with Crippen molar-refractivity contribution in [1.29, 1.82) is 5.26 Å². The molecule has 1 atom stereocenters. The van der Waals surface area contributed by atoms with Crippen molar-refractivity contribution in [2.75, 3.05) is 11.9 Å². The van der Waals surface area contributed by atoms with Gasteiger partial charge in [-0.1, -0.05) is 84.4 Å². The Balaban J connectivity index is 1.25. The quantitative estimate of drug-likeness (QED) is 0.100. The van der Waals surface area contributed by atoms with E-state index >= 15 is 0 Å². The maximum absolute atomic E-state index is 14.2. The van der Waals surface area contributed by atoms with Crippen LogP contribution in [0.4, 0.5) is 18.9 Å². The van der Waals surface area contributed by atoms with E-state index in [1.807, 2.05) is 71.3 Å². The molecule has 1 amide bonds. The Morgan fingerprint density at radius 3 is 2.28 bits per heavy atom. The molecule has 0 saturated carbocycles. The third-order valence-corrected chi connectivity index (χ3v) is 9.71. The van der Waals surface area contributed by atoms with Crippen molar-refractivity contribution >= 4 is 40.5 Å². The Morgan fingerprint density at radius 2 is 1.58 bits per heavy atom. The van der Waals surface area contributed by atoms with Crippen LogP contribution in [0, 0.1) is 11.3 Å². The minimum Gasteiger partial charge on any atom is -0.489 e. The van der Waals surface area contributed by atoms with E-state index in [0.29, 0.717) is 47.3 Å². The molecule has 6 aromatic rings. The van der Waals surface area contributed by atoms with Crippen LogP contribution in [-0.2, 0) is 43.5 Å². The zero-order valence-electron chi connectivity index (χ0n) is 30.6. The minimum atomic E-state index is -4.59. The Kier molecular flexibility index (Phi) is 13.6. The summed E-state index contributed by atoms with van der Waals surface area (Å²) in [6, 6.07) is 38.1. The fourth-order valence-electron chi connectivity index (χ4n) is 6.23. The lowest BCUT2D eigenvalue weighted by molar-refractivity contribution is -0.138. The lowest BCUT2D eigenvalue weighted by Crippen LogP contribution is -2.48. The number of nitrogens with zero attached hydrogens (tertiary/aromatic N) is 4. The molecule has 0 unspecified atom stereocenters. The maximum atomic E-state index is 14.2. The third-order valence-electron chi connectivity index (χ3n) is 9.10. The lowest BCUT2D eigenvalue weighted by atomic mass is 10.0. The zero-order chi connectivity index (χ0) is 40.2. The summed E-state index contributed by atoms with van der Waals surface area (Å²) in [5.41, 5.74) is 3.88. The first-order valence-corrected chi connectivity index (χ1v) is 18.8. The molecule has 1 heterocycles. The smallest absolute Gasteiger partial charge is 0.416 e. The summed E-state index contributed by atoms with van der Waals surface area (Å²) in [6.07, 6.45) is -1.01. The number of imidazole rings is 1. The van der Waals surface area contributed by atoms with Gasteiger partial charge >= 0.3 is 6.18 Å². The third kappa shape index (κ3) is 11.9. The number of hydrogen-bond acceptors (Lipinski definition) is 5. The Hall–Kier alpha value is -6.16. The van der Waals surface area contributed by atoms with Gasteiger partial charge in [0.15, 0.2) is 5.11 Å². The summed E-state index contributed by atoms with van der Waals surface area (Å²) in [5.74, 6) is 0.356. The second kappa shape index (κ2) is 19.1. The molecular weight excluding hydrogens is 769 g/mol. The molecule has 0 radical (unpaired) electrons. The molecule has 0 aliphatic rings. The number of carbonyl (C=O) groups is 1. The molecule has 1 aromatic heterocycles. The van der Waals surface area contributed by atoms with E-state index in [4.69, 9.17) is 33.8 Å².